The smallest absolute Gasteiger partial charge is 0.349 e. The summed E-state index contributed by atoms with van der Waals surface area (Å²) >= 11 is 0. The van der Waals surface area contributed by atoms with Crippen LogP contribution in [-0.4, -0.2) is 11.9 Å². The number of rotatable bonds is 2. The molecule has 0 radical (unpaired) electrons. The van der Waals surface area contributed by atoms with E-state index in [2.05, 4.69) is 12.2 Å². The highest BCUT2D eigenvalue weighted by molar-refractivity contribution is 6.07. The van der Waals surface area contributed by atoms with Crippen molar-refractivity contribution in [2.75, 3.05) is 0 Å². The number of carbonyl (C=O) groups excluding carboxylic acids is 1. The number of benzene rings is 2. The fraction of sp³-hybridized carbons (Fsp3) is 0.333. The Bertz CT molecular complexity index is 1000. The van der Waals surface area contributed by atoms with Crippen molar-refractivity contribution in [3.63, 3.8) is 0 Å². The lowest BCUT2D eigenvalue weighted by molar-refractivity contribution is 0.0906. The van der Waals surface area contributed by atoms with Crippen molar-refractivity contribution in [1.29, 1.82) is 0 Å². The molecule has 4 rings (SSSR count). The number of hydrogen-bond donors (Lipinski definition) is 1. The molecule has 1 heterocycles. The first-order chi connectivity index (χ1) is 12.1. The molecule has 4 heteroatoms. The van der Waals surface area contributed by atoms with Crippen LogP contribution in [0.2, 0.25) is 0 Å². The van der Waals surface area contributed by atoms with Crippen LogP contribution in [-0.2, 0) is 0 Å². The second-order valence-electron chi connectivity index (χ2n) is 6.99. The van der Waals surface area contributed by atoms with Gasteiger partial charge in [-0.25, -0.2) is 4.79 Å². The number of nitrogens with one attached hydrogen (secondary N) is 1. The van der Waals surface area contributed by atoms with E-state index in [4.69, 9.17) is 4.42 Å². The van der Waals surface area contributed by atoms with E-state index in [0.29, 0.717) is 11.5 Å². The number of fused-ring (bicyclic) bond motifs is 3. The molecule has 25 heavy (non-hydrogen) atoms. The summed E-state index contributed by atoms with van der Waals surface area (Å²) in [6.45, 7) is 2.15. The molecule has 1 fully saturated rings. The second kappa shape index (κ2) is 6.36. The van der Waals surface area contributed by atoms with E-state index in [1.807, 2.05) is 30.3 Å². The predicted octanol–water partition coefficient (Wildman–Crippen LogP) is 4.25. The zero-order valence-electron chi connectivity index (χ0n) is 14.2. The third-order valence-electron chi connectivity index (χ3n) is 5.31. The molecule has 2 unspecified atom stereocenters. The predicted molar refractivity (Wildman–Crippen MR) is 98.9 cm³/mol. The van der Waals surface area contributed by atoms with Gasteiger partial charge in [-0.05, 0) is 41.7 Å². The van der Waals surface area contributed by atoms with E-state index >= 15 is 0 Å². The van der Waals surface area contributed by atoms with Crippen LogP contribution in [0.5, 0.6) is 0 Å². The van der Waals surface area contributed by atoms with Crippen molar-refractivity contribution >= 4 is 27.6 Å². The molecule has 2 atom stereocenters. The molecule has 0 saturated heterocycles. The van der Waals surface area contributed by atoms with Gasteiger partial charge in [0.1, 0.15) is 11.1 Å². The molecule has 1 saturated carbocycles. The number of carbonyl (C=O) groups is 1. The number of amides is 1. The fourth-order valence-corrected chi connectivity index (χ4v) is 3.81. The van der Waals surface area contributed by atoms with Crippen molar-refractivity contribution in [1.82, 2.24) is 5.32 Å². The van der Waals surface area contributed by atoms with E-state index in [1.165, 1.54) is 6.42 Å². The van der Waals surface area contributed by atoms with Crippen molar-refractivity contribution in [2.24, 2.45) is 5.92 Å². The third kappa shape index (κ3) is 2.93. The molecule has 2 aromatic carbocycles. The second-order valence-corrected chi connectivity index (χ2v) is 6.99. The van der Waals surface area contributed by atoms with E-state index in [1.54, 1.807) is 12.1 Å². The Labute approximate surface area is 145 Å². The van der Waals surface area contributed by atoms with Crippen LogP contribution in [0.4, 0.5) is 0 Å². The summed E-state index contributed by atoms with van der Waals surface area (Å²) in [4.78, 5) is 25.0. The van der Waals surface area contributed by atoms with Gasteiger partial charge in [-0.2, -0.15) is 0 Å². The molecular weight excluding hydrogens is 314 g/mol. The molecular formula is C21H21NO3. The summed E-state index contributed by atoms with van der Waals surface area (Å²) in [7, 11) is 0. The topological polar surface area (TPSA) is 59.3 Å². The molecule has 1 aliphatic carbocycles. The summed E-state index contributed by atoms with van der Waals surface area (Å²) in [5, 5.41) is 5.86. The van der Waals surface area contributed by atoms with Crippen LogP contribution in [0, 0.1) is 5.92 Å². The molecule has 1 aliphatic rings. The summed E-state index contributed by atoms with van der Waals surface area (Å²) in [5.74, 6) is 0.105. The van der Waals surface area contributed by atoms with Gasteiger partial charge in [0.05, 0.1) is 0 Å². The molecule has 0 spiro atoms. The zero-order chi connectivity index (χ0) is 17.4. The first-order valence-corrected chi connectivity index (χ1v) is 8.90. The van der Waals surface area contributed by atoms with Gasteiger partial charge < -0.3 is 9.73 Å². The highest BCUT2D eigenvalue weighted by atomic mass is 16.4. The summed E-state index contributed by atoms with van der Waals surface area (Å²) in [6.07, 6.45) is 4.40. The third-order valence-corrected chi connectivity index (χ3v) is 5.31. The lowest BCUT2D eigenvalue weighted by Crippen LogP contribution is -2.42. The van der Waals surface area contributed by atoms with Gasteiger partial charge in [0, 0.05) is 11.4 Å². The molecule has 1 N–H and O–H groups in total. The Kier molecular flexibility index (Phi) is 4.04. The SMILES string of the molecule is CC1CCCCC1NC(=O)c1cc2c(ccc3ccccc32)oc1=O. The molecule has 1 aromatic heterocycles. The molecule has 0 bridgehead atoms. The maximum Gasteiger partial charge on any atom is 0.349 e. The van der Waals surface area contributed by atoms with Crippen molar-refractivity contribution in [3.05, 3.63) is 58.4 Å². The average molecular weight is 335 g/mol. The summed E-state index contributed by atoms with van der Waals surface area (Å²) in [5.41, 5.74) is 0.0108. The molecule has 1 amide bonds. The highest BCUT2D eigenvalue weighted by Crippen LogP contribution is 2.26. The van der Waals surface area contributed by atoms with Gasteiger partial charge in [0.15, 0.2) is 0 Å². The molecule has 4 nitrogen and oxygen atoms in total. The minimum Gasteiger partial charge on any atom is -0.422 e. The Morgan fingerprint density at radius 1 is 1.08 bits per heavy atom. The summed E-state index contributed by atoms with van der Waals surface area (Å²) in [6, 6.07) is 13.4. The normalized spacial score (nSPS) is 20.7. The largest absolute Gasteiger partial charge is 0.422 e. The number of hydrogen-bond acceptors (Lipinski definition) is 3. The van der Waals surface area contributed by atoms with Crippen LogP contribution in [0.3, 0.4) is 0 Å². The Morgan fingerprint density at radius 2 is 1.88 bits per heavy atom. The van der Waals surface area contributed by atoms with E-state index in [-0.39, 0.29) is 17.5 Å². The zero-order valence-corrected chi connectivity index (χ0v) is 14.2. The molecule has 0 aliphatic heterocycles. The van der Waals surface area contributed by atoms with Crippen LogP contribution in [0.15, 0.2) is 51.7 Å². The average Bonchev–Trinajstić information content (AvgIpc) is 2.62. The minimum atomic E-state index is -0.580. The van der Waals surface area contributed by atoms with E-state index in [9.17, 15) is 9.59 Å². The van der Waals surface area contributed by atoms with Gasteiger partial charge >= 0.3 is 5.63 Å². The van der Waals surface area contributed by atoms with Gasteiger partial charge in [-0.15, -0.1) is 0 Å². The highest BCUT2D eigenvalue weighted by Gasteiger charge is 2.25. The van der Waals surface area contributed by atoms with Crippen LogP contribution in [0.1, 0.15) is 43.0 Å². The summed E-state index contributed by atoms with van der Waals surface area (Å²) < 4.78 is 5.42. The maximum absolute atomic E-state index is 12.7. The van der Waals surface area contributed by atoms with Crippen molar-refractivity contribution in [2.45, 2.75) is 38.6 Å². The van der Waals surface area contributed by atoms with Gasteiger partial charge in [0.25, 0.3) is 5.91 Å². The standard InChI is InChI=1S/C21H21NO3/c1-13-6-2-5-9-18(13)22-20(23)17-12-16-15-8-4-3-7-14(15)10-11-19(16)25-21(17)24/h3-4,7-8,10-13,18H,2,5-6,9H2,1H3,(H,22,23). The molecule has 3 aromatic rings. The van der Waals surface area contributed by atoms with Crippen LogP contribution >= 0.6 is 0 Å². The van der Waals surface area contributed by atoms with Crippen LogP contribution in [0.25, 0.3) is 21.7 Å². The van der Waals surface area contributed by atoms with Crippen molar-refractivity contribution < 1.29 is 9.21 Å². The minimum absolute atomic E-state index is 0.0848. The monoisotopic (exact) mass is 335 g/mol. The van der Waals surface area contributed by atoms with Gasteiger partial charge in [-0.3, -0.25) is 4.79 Å². The fourth-order valence-electron chi connectivity index (χ4n) is 3.81. The lowest BCUT2D eigenvalue weighted by Gasteiger charge is -2.29. The quantitative estimate of drug-likeness (QED) is 0.562. The van der Waals surface area contributed by atoms with E-state index < -0.39 is 5.63 Å². The Morgan fingerprint density at radius 3 is 2.72 bits per heavy atom. The first-order valence-electron chi connectivity index (χ1n) is 8.90. The molecule has 128 valence electrons. The maximum atomic E-state index is 12.7. The van der Waals surface area contributed by atoms with E-state index in [0.717, 1.165) is 35.4 Å². The first kappa shape index (κ1) is 15.9. The Hall–Kier alpha value is -2.62. The van der Waals surface area contributed by atoms with Gasteiger partial charge in [0.2, 0.25) is 0 Å². The Balaban J connectivity index is 1.76. The van der Waals surface area contributed by atoms with Gasteiger partial charge in [-0.1, -0.05) is 50.1 Å². The van der Waals surface area contributed by atoms with Crippen LogP contribution < -0.4 is 10.9 Å². The van der Waals surface area contributed by atoms with Crippen molar-refractivity contribution in [3.8, 4) is 0 Å². The lowest BCUT2D eigenvalue weighted by atomic mass is 9.86.